The second-order valence-corrected chi connectivity index (χ2v) is 6.95. The molecule has 7 heteroatoms. The number of carbonyl (C=O) groups is 1. The zero-order chi connectivity index (χ0) is 19.8. The lowest BCUT2D eigenvalue weighted by Gasteiger charge is -2.15. The minimum Gasteiger partial charge on any atom is -0.504 e. The van der Waals surface area contributed by atoms with Crippen molar-refractivity contribution in [3.8, 4) is 11.5 Å². The number of aryl methyl sites for hydroxylation is 1. The van der Waals surface area contributed by atoms with Crippen LogP contribution in [0.5, 0.6) is 11.5 Å². The van der Waals surface area contributed by atoms with Crippen LogP contribution in [0.2, 0.25) is 0 Å². The molecule has 144 valence electrons. The number of amides is 1. The largest absolute Gasteiger partial charge is 0.504 e. The number of hydrogen-bond acceptors (Lipinski definition) is 5. The number of aromatic hydroxyl groups is 1. The molecule has 1 aliphatic rings. The van der Waals surface area contributed by atoms with Crippen molar-refractivity contribution < 1.29 is 19.1 Å². The molecule has 1 amide bonds. The summed E-state index contributed by atoms with van der Waals surface area (Å²) in [6.45, 7) is 2.14. The molecule has 0 saturated carbocycles. The van der Waals surface area contributed by atoms with Gasteiger partial charge < -0.3 is 19.2 Å². The minimum atomic E-state index is -0.191. The Morgan fingerprint density at radius 1 is 1.43 bits per heavy atom. The van der Waals surface area contributed by atoms with Crippen LogP contribution >= 0.6 is 11.6 Å². The molecule has 0 aliphatic carbocycles. The molecule has 2 aromatic carbocycles. The summed E-state index contributed by atoms with van der Waals surface area (Å²) in [6, 6.07) is 8.96. The van der Waals surface area contributed by atoms with Crippen LogP contribution in [0.25, 0.3) is 17.2 Å². The third kappa shape index (κ3) is 3.10. The van der Waals surface area contributed by atoms with Gasteiger partial charge in [0.15, 0.2) is 17.2 Å². The van der Waals surface area contributed by atoms with E-state index in [0.717, 1.165) is 16.9 Å². The first kappa shape index (κ1) is 18.4. The molecule has 2 heterocycles. The molecule has 4 rings (SSSR count). The fourth-order valence-corrected chi connectivity index (χ4v) is 3.77. The summed E-state index contributed by atoms with van der Waals surface area (Å²) in [5.41, 5.74) is 3.23. The predicted octanol–water partition coefficient (Wildman–Crippen LogP) is 4.23. The molecule has 6 nitrogen and oxygen atoms in total. The highest BCUT2D eigenvalue weighted by molar-refractivity contribution is 6.19. The zero-order valence-corrected chi connectivity index (χ0v) is 16.2. The predicted molar refractivity (Wildman–Crippen MR) is 108 cm³/mol. The molecule has 1 aromatic heterocycles. The molecule has 1 aliphatic heterocycles. The Bertz CT molecular complexity index is 1070. The number of methoxy groups -OCH3 is 1. The number of alkyl halides is 1. The first-order chi connectivity index (χ1) is 13.5. The van der Waals surface area contributed by atoms with Gasteiger partial charge in [0.1, 0.15) is 11.3 Å². The third-order valence-corrected chi connectivity index (χ3v) is 5.23. The standard InChI is InChI=1S/C21H19ClN2O4/c1-12-23-20-19-14(10-22)11-24(16(19)9-17(25)21(20)28-12)18(26)8-5-13-3-6-15(27-2)7-4-13/h3-9,14,25H,10-11H2,1-2H3/b8-5+. The normalized spacial score (nSPS) is 16.1. The highest BCUT2D eigenvalue weighted by atomic mass is 35.5. The van der Waals surface area contributed by atoms with E-state index in [9.17, 15) is 9.90 Å². The third-order valence-electron chi connectivity index (χ3n) is 4.86. The van der Waals surface area contributed by atoms with E-state index in [1.165, 1.54) is 6.08 Å². The molecule has 0 bridgehead atoms. The van der Waals surface area contributed by atoms with Gasteiger partial charge in [0, 0.05) is 43.0 Å². The Labute approximate surface area is 167 Å². The van der Waals surface area contributed by atoms with Gasteiger partial charge >= 0.3 is 0 Å². The topological polar surface area (TPSA) is 75.8 Å². The molecule has 0 spiro atoms. The van der Waals surface area contributed by atoms with E-state index in [1.807, 2.05) is 24.3 Å². The Morgan fingerprint density at radius 3 is 2.86 bits per heavy atom. The van der Waals surface area contributed by atoms with E-state index >= 15 is 0 Å². The van der Waals surface area contributed by atoms with E-state index in [4.69, 9.17) is 20.8 Å². The van der Waals surface area contributed by atoms with Crippen molar-refractivity contribution in [2.45, 2.75) is 12.8 Å². The van der Waals surface area contributed by atoms with Crippen LogP contribution in [0.1, 0.15) is 22.9 Å². The maximum absolute atomic E-state index is 12.9. The van der Waals surface area contributed by atoms with Crippen LogP contribution in [0, 0.1) is 6.92 Å². The number of carbonyl (C=O) groups excluding carboxylic acids is 1. The van der Waals surface area contributed by atoms with E-state index in [0.29, 0.717) is 35.1 Å². The SMILES string of the molecule is COc1ccc(/C=C/C(=O)N2CC(CCl)c3c2cc(O)c2oc(C)nc32)cc1. The molecule has 1 N–H and O–H groups in total. The molecular formula is C21H19ClN2O4. The summed E-state index contributed by atoms with van der Waals surface area (Å²) < 4.78 is 10.6. The fraction of sp³-hybridized carbons (Fsp3) is 0.238. The van der Waals surface area contributed by atoms with Crippen LogP contribution in [0.15, 0.2) is 40.8 Å². The first-order valence-corrected chi connectivity index (χ1v) is 9.38. The Kier molecular flexibility index (Phi) is 4.73. The molecule has 1 unspecified atom stereocenters. The van der Waals surface area contributed by atoms with Crippen molar-refractivity contribution in [1.29, 1.82) is 0 Å². The van der Waals surface area contributed by atoms with Crippen molar-refractivity contribution in [3.05, 3.63) is 53.4 Å². The second kappa shape index (κ2) is 7.20. The number of halogens is 1. The van der Waals surface area contributed by atoms with Crippen molar-refractivity contribution >= 4 is 40.4 Å². The number of fused-ring (bicyclic) bond motifs is 3. The molecule has 0 radical (unpaired) electrons. The summed E-state index contributed by atoms with van der Waals surface area (Å²) in [6.07, 6.45) is 3.26. The number of hydrogen-bond donors (Lipinski definition) is 1. The van der Waals surface area contributed by atoms with Gasteiger partial charge in [0.2, 0.25) is 0 Å². The minimum absolute atomic E-state index is 0.0403. The summed E-state index contributed by atoms with van der Waals surface area (Å²) >= 11 is 6.17. The van der Waals surface area contributed by atoms with Gasteiger partial charge in [0.25, 0.3) is 5.91 Å². The molecule has 0 saturated heterocycles. The van der Waals surface area contributed by atoms with Crippen LogP contribution in [0.4, 0.5) is 5.69 Å². The van der Waals surface area contributed by atoms with E-state index in [1.54, 1.807) is 31.1 Å². The highest BCUT2D eigenvalue weighted by Crippen LogP contribution is 2.45. The number of aromatic nitrogens is 1. The maximum atomic E-state index is 12.9. The van der Waals surface area contributed by atoms with Gasteiger partial charge in [-0.3, -0.25) is 4.79 Å². The monoisotopic (exact) mass is 398 g/mol. The van der Waals surface area contributed by atoms with Crippen LogP contribution < -0.4 is 9.64 Å². The molecule has 0 fully saturated rings. The number of oxazole rings is 1. The molecular weight excluding hydrogens is 380 g/mol. The average molecular weight is 399 g/mol. The highest BCUT2D eigenvalue weighted by Gasteiger charge is 2.35. The number of rotatable bonds is 4. The van der Waals surface area contributed by atoms with Gasteiger partial charge in [-0.2, -0.15) is 0 Å². The van der Waals surface area contributed by atoms with E-state index in [2.05, 4.69) is 4.98 Å². The quantitative estimate of drug-likeness (QED) is 0.525. The fourth-order valence-electron chi connectivity index (χ4n) is 3.52. The first-order valence-electron chi connectivity index (χ1n) is 8.84. The Morgan fingerprint density at radius 2 is 2.18 bits per heavy atom. The average Bonchev–Trinajstić information content (AvgIpc) is 3.27. The number of ether oxygens (including phenoxy) is 1. The summed E-state index contributed by atoms with van der Waals surface area (Å²) in [5, 5.41) is 10.3. The summed E-state index contributed by atoms with van der Waals surface area (Å²) in [4.78, 5) is 18.9. The number of anilines is 1. The Hall–Kier alpha value is -2.99. The van der Waals surface area contributed by atoms with Crippen molar-refractivity contribution in [1.82, 2.24) is 4.98 Å². The Balaban J connectivity index is 1.68. The smallest absolute Gasteiger partial charge is 0.251 e. The van der Waals surface area contributed by atoms with Crippen LogP contribution in [0.3, 0.4) is 0 Å². The molecule has 1 atom stereocenters. The van der Waals surface area contributed by atoms with Crippen molar-refractivity contribution in [2.24, 2.45) is 0 Å². The van der Waals surface area contributed by atoms with Gasteiger partial charge in [0.05, 0.1) is 12.8 Å². The number of benzene rings is 2. The van der Waals surface area contributed by atoms with Gasteiger partial charge in [-0.25, -0.2) is 4.98 Å². The summed E-state index contributed by atoms with van der Waals surface area (Å²) in [7, 11) is 1.61. The summed E-state index contributed by atoms with van der Waals surface area (Å²) in [5.74, 6) is 1.23. The lowest BCUT2D eigenvalue weighted by Crippen LogP contribution is -2.28. The molecule has 3 aromatic rings. The lowest BCUT2D eigenvalue weighted by molar-refractivity contribution is -0.114. The molecule has 28 heavy (non-hydrogen) atoms. The van der Waals surface area contributed by atoms with Gasteiger partial charge in [-0.05, 0) is 23.8 Å². The second-order valence-electron chi connectivity index (χ2n) is 6.65. The number of phenolic OH excluding ortho intramolecular Hbond substituents is 1. The zero-order valence-electron chi connectivity index (χ0n) is 15.5. The van der Waals surface area contributed by atoms with E-state index < -0.39 is 0 Å². The van der Waals surface area contributed by atoms with Crippen LogP contribution in [-0.2, 0) is 4.79 Å². The number of nitrogens with zero attached hydrogens (tertiary/aromatic N) is 2. The van der Waals surface area contributed by atoms with Crippen molar-refractivity contribution in [3.63, 3.8) is 0 Å². The van der Waals surface area contributed by atoms with Gasteiger partial charge in [-0.15, -0.1) is 11.6 Å². The van der Waals surface area contributed by atoms with E-state index in [-0.39, 0.29) is 17.6 Å². The number of phenols is 1. The van der Waals surface area contributed by atoms with Crippen LogP contribution in [-0.4, -0.2) is 35.5 Å². The van der Waals surface area contributed by atoms with Crippen molar-refractivity contribution in [2.75, 3.05) is 24.4 Å². The van der Waals surface area contributed by atoms with Gasteiger partial charge in [-0.1, -0.05) is 12.1 Å². The lowest BCUT2D eigenvalue weighted by atomic mass is 10.0. The maximum Gasteiger partial charge on any atom is 0.251 e.